The van der Waals surface area contributed by atoms with Crippen LogP contribution >= 0.6 is 15.9 Å². The smallest absolute Gasteiger partial charge is 0.144 e. The van der Waals surface area contributed by atoms with Crippen molar-refractivity contribution in [2.45, 2.75) is 6.61 Å². The molecule has 0 saturated heterocycles. The molecule has 0 aliphatic rings. The fourth-order valence-corrected chi connectivity index (χ4v) is 2.11. The topological polar surface area (TPSA) is 59.0 Å². The average Bonchev–Trinajstić information content (AvgIpc) is 2.38. The number of benzene rings is 2. The van der Waals surface area contributed by atoms with Gasteiger partial charge in [0.15, 0.2) is 0 Å². The van der Waals surface area contributed by atoms with E-state index in [0.717, 1.165) is 10.0 Å². The zero-order valence-electron chi connectivity index (χ0n) is 9.86. The molecule has 2 rings (SSSR count). The molecule has 96 valence electrons. The Morgan fingerprint density at radius 3 is 2.68 bits per heavy atom. The van der Waals surface area contributed by atoms with E-state index in [0.29, 0.717) is 5.69 Å². The molecule has 0 aliphatic heterocycles. The van der Waals surface area contributed by atoms with Crippen LogP contribution in [0, 0.1) is 17.1 Å². The second-order valence-corrected chi connectivity index (χ2v) is 4.68. The largest absolute Gasteiger partial charge is 0.487 e. The van der Waals surface area contributed by atoms with E-state index in [1.54, 1.807) is 18.2 Å². The van der Waals surface area contributed by atoms with Crippen LogP contribution < -0.4 is 10.5 Å². The summed E-state index contributed by atoms with van der Waals surface area (Å²) in [7, 11) is 0. The van der Waals surface area contributed by atoms with Crippen molar-refractivity contribution in [3.8, 4) is 11.8 Å². The monoisotopic (exact) mass is 320 g/mol. The number of nitrogens with two attached hydrogens (primary N) is 1. The van der Waals surface area contributed by atoms with Crippen molar-refractivity contribution in [1.82, 2.24) is 0 Å². The molecule has 0 heterocycles. The predicted octanol–water partition coefficient (Wildman–Crippen LogP) is 3.62. The average molecular weight is 321 g/mol. The second kappa shape index (κ2) is 5.72. The molecular formula is C14H10BrFN2O. The summed E-state index contributed by atoms with van der Waals surface area (Å²) in [5.41, 5.74) is 7.07. The highest BCUT2D eigenvalue weighted by Crippen LogP contribution is 2.26. The Morgan fingerprint density at radius 1 is 1.26 bits per heavy atom. The van der Waals surface area contributed by atoms with E-state index < -0.39 is 5.82 Å². The lowest BCUT2D eigenvalue weighted by Crippen LogP contribution is -2.02. The van der Waals surface area contributed by atoms with Gasteiger partial charge in [-0.05, 0) is 24.3 Å². The van der Waals surface area contributed by atoms with Crippen LogP contribution in [0.2, 0.25) is 0 Å². The first kappa shape index (κ1) is 13.4. The molecule has 0 saturated carbocycles. The first-order chi connectivity index (χ1) is 9.13. The molecule has 2 N–H and O–H groups in total. The fraction of sp³-hybridized carbons (Fsp3) is 0.0714. The van der Waals surface area contributed by atoms with Gasteiger partial charge in [0.2, 0.25) is 0 Å². The molecule has 2 aromatic carbocycles. The van der Waals surface area contributed by atoms with Gasteiger partial charge < -0.3 is 10.5 Å². The summed E-state index contributed by atoms with van der Waals surface area (Å²) in [4.78, 5) is 0. The second-order valence-electron chi connectivity index (χ2n) is 3.82. The van der Waals surface area contributed by atoms with Crippen LogP contribution in [0.3, 0.4) is 0 Å². The molecule has 0 atom stereocenters. The van der Waals surface area contributed by atoms with Gasteiger partial charge in [-0.3, -0.25) is 0 Å². The zero-order chi connectivity index (χ0) is 13.8. The van der Waals surface area contributed by atoms with Gasteiger partial charge in [-0.25, -0.2) is 4.39 Å². The number of nitrogen functional groups attached to an aromatic ring is 1. The Morgan fingerprint density at radius 2 is 2.00 bits per heavy atom. The maximum atomic E-state index is 13.4. The molecular weight excluding hydrogens is 311 g/mol. The molecule has 0 amide bonds. The number of nitrogens with zero attached hydrogens (tertiary/aromatic N) is 1. The van der Waals surface area contributed by atoms with E-state index in [9.17, 15) is 4.39 Å². The third kappa shape index (κ3) is 2.85. The Bertz CT molecular complexity index is 632. The lowest BCUT2D eigenvalue weighted by molar-refractivity contribution is 0.303. The van der Waals surface area contributed by atoms with E-state index in [1.807, 2.05) is 12.1 Å². The van der Waals surface area contributed by atoms with E-state index in [1.165, 1.54) is 12.1 Å². The van der Waals surface area contributed by atoms with Crippen LogP contribution in [-0.4, -0.2) is 0 Å². The number of hydrogen-bond donors (Lipinski definition) is 1. The number of nitriles is 1. The van der Waals surface area contributed by atoms with E-state index in [2.05, 4.69) is 15.9 Å². The van der Waals surface area contributed by atoms with Crippen LogP contribution in [0.5, 0.6) is 5.75 Å². The van der Waals surface area contributed by atoms with Crippen molar-refractivity contribution < 1.29 is 9.13 Å². The molecule has 0 aromatic heterocycles. The van der Waals surface area contributed by atoms with E-state index in [4.69, 9.17) is 15.7 Å². The first-order valence-electron chi connectivity index (χ1n) is 5.47. The number of halogens is 2. The van der Waals surface area contributed by atoms with Gasteiger partial charge in [-0.1, -0.05) is 28.1 Å². The van der Waals surface area contributed by atoms with Gasteiger partial charge in [0.05, 0.1) is 0 Å². The van der Waals surface area contributed by atoms with E-state index in [-0.39, 0.29) is 17.9 Å². The molecule has 5 heteroatoms. The fourth-order valence-electron chi connectivity index (χ4n) is 1.61. The summed E-state index contributed by atoms with van der Waals surface area (Å²) >= 11 is 3.37. The lowest BCUT2D eigenvalue weighted by Gasteiger charge is -2.11. The molecule has 3 nitrogen and oxygen atoms in total. The molecule has 0 spiro atoms. The quantitative estimate of drug-likeness (QED) is 0.879. The third-order valence-electron chi connectivity index (χ3n) is 2.61. The van der Waals surface area contributed by atoms with Crippen molar-refractivity contribution in [2.24, 2.45) is 0 Å². The lowest BCUT2D eigenvalue weighted by atomic mass is 10.2. The van der Waals surface area contributed by atoms with Gasteiger partial charge in [-0.15, -0.1) is 0 Å². The maximum absolute atomic E-state index is 13.4. The number of ether oxygens (including phenoxy) is 1. The van der Waals surface area contributed by atoms with Crippen LogP contribution in [-0.2, 0) is 6.61 Å². The van der Waals surface area contributed by atoms with E-state index >= 15 is 0 Å². The van der Waals surface area contributed by atoms with Crippen molar-refractivity contribution in [3.63, 3.8) is 0 Å². The van der Waals surface area contributed by atoms with Gasteiger partial charge in [0.25, 0.3) is 0 Å². The Hall–Kier alpha value is -2.06. The summed E-state index contributed by atoms with van der Waals surface area (Å²) in [6.45, 7) is 0.158. The highest BCUT2D eigenvalue weighted by molar-refractivity contribution is 9.10. The Balaban J connectivity index is 2.25. The Labute approximate surface area is 118 Å². The molecule has 0 radical (unpaired) electrons. The maximum Gasteiger partial charge on any atom is 0.144 e. The summed E-state index contributed by atoms with van der Waals surface area (Å²) in [5, 5.41) is 8.90. The SMILES string of the molecule is N#Cc1c(F)cccc1OCc1c(N)cccc1Br. The summed E-state index contributed by atoms with van der Waals surface area (Å²) in [6, 6.07) is 11.5. The zero-order valence-corrected chi connectivity index (χ0v) is 11.4. The minimum Gasteiger partial charge on any atom is -0.487 e. The van der Waals surface area contributed by atoms with Gasteiger partial charge in [0.1, 0.15) is 29.8 Å². The Kier molecular flexibility index (Phi) is 4.03. The summed E-state index contributed by atoms with van der Waals surface area (Å²) < 4.78 is 19.7. The molecule has 0 aliphatic carbocycles. The highest BCUT2D eigenvalue weighted by atomic mass is 79.9. The van der Waals surface area contributed by atoms with Crippen LogP contribution in [0.1, 0.15) is 11.1 Å². The molecule has 0 bridgehead atoms. The van der Waals surface area contributed by atoms with Crippen LogP contribution in [0.25, 0.3) is 0 Å². The molecule has 0 fully saturated rings. The van der Waals surface area contributed by atoms with Crippen molar-refractivity contribution in [3.05, 3.63) is 57.8 Å². The normalized spacial score (nSPS) is 9.95. The molecule has 0 unspecified atom stereocenters. The summed E-state index contributed by atoms with van der Waals surface area (Å²) in [6.07, 6.45) is 0. The van der Waals surface area contributed by atoms with Crippen molar-refractivity contribution in [2.75, 3.05) is 5.73 Å². The minimum absolute atomic E-state index is 0.104. The van der Waals surface area contributed by atoms with Gasteiger partial charge in [0, 0.05) is 15.7 Å². The van der Waals surface area contributed by atoms with Crippen LogP contribution in [0.4, 0.5) is 10.1 Å². The standard InChI is InChI=1S/C14H10BrFN2O/c15-11-3-1-5-13(18)10(11)8-19-14-6-2-4-12(16)9(14)7-17/h1-6H,8,18H2. The third-order valence-corrected chi connectivity index (χ3v) is 3.36. The number of hydrogen-bond acceptors (Lipinski definition) is 3. The minimum atomic E-state index is -0.597. The molecule has 19 heavy (non-hydrogen) atoms. The van der Waals surface area contributed by atoms with Crippen LogP contribution in [0.15, 0.2) is 40.9 Å². The van der Waals surface area contributed by atoms with Crippen molar-refractivity contribution in [1.29, 1.82) is 5.26 Å². The number of anilines is 1. The van der Waals surface area contributed by atoms with Gasteiger partial charge >= 0.3 is 0 Å². The summed E-state index contributed by atoms with van der Waals surface area (Å²) in [5.74, 6) is -0.391. The van der Waals surface area contributed by atoms with Gasteiger partial charge in [-0.2, -0.15) is 5.26 Å². The highest BCUT2D eigenvalue weighted by Gasteiger charge is 2.11. The number of rotatable bonds is 3. The van der Waals surface area contributed by atoms with Crippen molar-refractivity contribution >= 4 is 21.6 Å². The first-order valence-corrected chi connectivity index (χ1v) is 6.27. The predicted molar refractivity (Wildman–Crippen MR) is 74.0 cm³/mol. The molecule has 2 aromatic rings.